The van der Waals surface area contributed by atoms with Crippen molar-refractivity contribution in [1.82, 2.24) is 4.90 Å². The van der Waals surface area contributed by atoms with Gasteiger partial charge in [0.2, 0.25) is 0 Å². The lowest BCUT2D eigenvalue weighted by atomic mass is 9.98. The fourth-order valence-electron chi connectivity index (χ4n) is 2.57. The zero-order valence-electron chi connectivity index (χ0n) is 10.6. The minimum Gasteiger partial charge on any atom is -0.398 e. The van der Waals surface area contributed by atoms with Crippen LogP contribution in [0.4, 0.5) is 5.69 Å². The van der Waals surface area contributed by atoms with E-state index in [1.54, 1.807) is 0 Å². The molecule has 1 aliphatic heterocycles. The smallest absolute Gasteiger partial charge is 0.0362 e. The first kappa shape index (κ1) is 11.8. The van der Waals surface area contributed by atoms with Crippen LogP contribution >= 0.6 is 11.3 Å². The lowest BCUT2D eigenvalue weighted by molar-refractivity contribution is 0.248. The van der Waals surface area contributed by atoms with Gasteiger partial charge in [0.25, 0.3) is 0 Å². The summed E-state index contributed by atoms with van der Waals surface area (Å²) >= 11 is 1.86. The highest BCUT2D eigenvalue weighted by Crippen LogP contribution is 2.26. The molecule has 94 valence electrons. The van der Waals surface area contributed by atoms with Crippen LogP contribution in [-0.4, -0.2) is 11.4 Å². The maximum atomic E-state index is 6.08. The Bertz CT molecular complexity index is 559. The summed E-state index contributed by atoms with van der Waals surface area (Å²) in [5.74, 6) is 0. The van der Waals surface area contributed by atoms with Crippen LogP contribution in [0.15, 0.2) is 29.6 Å². The summed E-state index contributed by atoms with van der Waals surface area (Å²) < 4.78 is 0. The maximum absolute atomic E-state index is 6.08. The van der Waals surface area contributed by atoms with E-state index in [4.69, 9.17) is 5.73 Å². The highest BCUT2D eigenvalue weighted by Gasteiger charge is 2.18. The van der Waals surface area contributed by atoms with Crippen molar-refractivity contribution < 1.29 is 0 Å². The number of aryl methyl sites for hydroxylation is 1. The topological polar surface area (TPSA) is 29.3 Å². The van der Waals surface area contributed by atoms with Crippen molar-refractivity contribution in [1.29, 1.82) is 0 Å². The van der Waals surface area contributed by atoms with Gasteiger partial charge >= 0.3 is 0 Å². The van der Waals surface area contributed by atoms with Crippen LogP contribution in [0.2, 0.25) is 0 Å². The highest BCUT2D eigenvalue weighted by atomic mass is 32.1. The molecule has 0 atom stereocenters. The largest absolute Gasteiger partial charge is 0.398 e. The van der Waals surface area contributed by atoms with Crippen LogP contribution in [0.3, 0.4) is 0 Å². The van der Waals surface area contributed by atoms with Crippen LogP contribution in [0, 0.1) is 6.92 Å². The van der Waals surface area contributed by atoms with Crippen molar-refractivity contribution in [3.63, 3.8) is 0 Å². The van der Waals surface area contributed by atoms with Crippen molar-refractivity contribution in [3.05, 3.63) is 51.2 Å². The van der Waals surface area contributed by atoms with E-state index in [1.807, 2.05) is 17.4 Å². The molecule has 0 spiro atoms. The van der Waals surface area contributed by atoms with Gasteiger partial charge in [-0.15, -0.1) is 11.3 Å². The quantitative estimate of drug-likeness (QED) is 0.838. The van der Waals surface area contributed by atoms with Gasteiger partial charge in [0, 0.05) is 30.2 Å². The van der Waals surface area contributed by atoms with E-state index in [9.17, 15) is 0 Å². The number of thiophene rings is 1. The number of nitrogen functional groups attached to an aromatic ring is 1. The molecule has 1 aromatic carbocycles. The molecule has 2 N–H and O–H groups in total. The Labute approximate surface area is 112 Å². The summed E-state index contributed by atoms with van der Waals surface area (Å²) in [6.45, 7) is 5.36. The molecule has 0 saturated heterocycles. The molecule has 2 aromatic rings. The summed E-state index contributed by atoms with van der Waals surface area (Å²) in [5, 5.41) is 2.18. The van der Waals surface area contributed by atoms with E-state index in [1.165, 1.54) is 21.6 Å². The Morgan fingerprint density at radius 2 is 2.22 bits per heavy atom. The van der Waals surface area contributed by atoms with Gasteiger partial charge in [-0.05, 0) is 47.5 Å². The Balaban J connectivity index is 1.79. The minimum atomic E-state index is 0.945. The minimum absolute atomic E-state index is 0.945. The molecule has 0 unspecified atom stereocenters. The van der Waals surface area contributed by atoms with Crippen molar-refractivity contribution in [3.8, 4) is 0 Å². The maximum Gasteiger partial charge on any atom is 0.0362 e. The van der Waals surface area contributed by atoms with Crippen LogP contribution in [0.5, 0.6) is 0 Å². The first-order chi connectivity index (χ1) is 8.74. The molecule has 2 heterocycles. The number of hydrogen-bond donors (Lipinski definition) is 1. The summed E-state index contributed by atoms with van der Waals surface area (Å²) in [6.07, 6.45) is 1.12. The van der Waals surface area contributed by atoms with Crippen molar-refractivity contribution in [2.24, 2.45) is 0 Å². The Morgan fingerprint density at radius 3 is 3.00 bits per heavy atom. The Hall–Kier alpha value is -1.32. The molecule has 2 nitrogen and oxygen atoms in total. The van der Waals surface area contributed by atoms with Gasteiger partial charge in [-0.3, -0.25) is 4.90 Å². The van der Waals surface area contributed by atoms with Crippen LogP contribution < -0.4 is 5.73 Å². The zero-order valence-corrected chi connectivity index (χ0v) is 11.5. The molecule has 1 aromatic heterocycles. The zero-order chi connectivity index (χ0) is 12.5. The monoisotopic (exact) mass is 258 g/mol. The molecule has 0 bridgehead atoms. The number of rotatable bonds is 2. The van der Waals surface area contributed by atoms with Gasteiger partial charge in [-0.1, -0.05) is 12.1 Å². The Morgan fingerprint density at radius 1 is 1.33 bits per heavy atom. The number of nitrogens with zero attached hydrogens (tertiary/aromatic N) is 1. The molecule has 0 aliphatic carbocycles. The molecule has 0 fully saturated rings. The van der Waals surface area contributed by atoms with Crippen LogP contribution in [-0.2, 0) is 19.5 Å². The molecule has 18 heavy (non-hydrogen) atoms. The predicted molar refractivity (Wildman–Crippen MR) is 77.7 cm³/mol. The predicted octanol–water partition coefficient (Wildman–Crippen LogP) is 3.20. The van der Waals surface area contributed by atoms with Gasteiger partial charge in [-0.25, -0.2) is 0 Å². The summed E-state index contributed by atoms with van der Waals surface area (Å²) in [6, 6.07) is 8.48. The molecule has 0 saturated carbocycles. The first-order valence-electron chi connectivity index (χ1n) is 6.35. The normalized spacial score (nSPS) is 15.6. The van der Waals surface area contributed by atoms with Crippen molar-refractivity contribution >= 4 is 17.0 Å². The second-order valence-electron chi connectivity index (χ2n) is 4.97. The van der Waals surface area contributed by atoms with Crippen LogP contribution in [0.1, 0.15) is 21.6 Å². The lowest BCUT2D eigenvalue weighted by Gasteiger charge is -2.29. The second-order valence-corrected chi connectivity index (χ2v) is 5.97. The van der Waals surface area contributed by atoms with Gasteiger partial charge in [0.05, 0.1) is 0 Å². The molecule has 3 rings (SSSR count). The number of nitrogens with two attached hydrogens (primary N) is 1. The van der Waals surface area contributed by atoms with Gasteiger partial charge in [0.1, 0.15) is 0 Å². The molecule has 3 heteroatoms. The van der Waals surface area contributed by atoms with E-state index in [-0.39, 0.29) is 0 Å². The lowest BCUT2D eigenvalue weighted by Crippen LogP contribution is -2.30. The third kappa shape index (κ3) is 2.16. The standard InChI is InChI=1S/C15H18N2S/c1-11-6-8-18-15(11)10-17-7-5-12-3-2-4-14(16)13(12)9-17/h2-4,6,8H,5,7,9-10,16H2,1H3. The third-order valence-corrected chi connectivity index (χ3v) is 4.73. The fourth-order valence-corrected chi connectivity index (χ4v) is 3.51. The van der Waals surface area contributed by atoms with Gasteiger partial charge in [-0.2, -0.15) is 0 Å². The average molecular weight is 258 g/mol. The summed E-state index contributed by atoms with van der Waals surface area (Å²) in [5.41, 5.74) is 11.2. The van der Waals surface area contributed by atoms with E-state index in [0.29, 0.717) is 0 Å². The third-order valence-electron chi connectivity index (χ3n) is 3.72. The number of anilines is 1. The fraction of sp³-hybridized carbons (Fsp3) is 0.333. The number of benzene rings is 1. The highest BCUT2D eigenvalue weighted by molar-refractivity contribution is 7.10. The number of hydrogen-bond acceptors (Lipinski definition) is 3. The summed E-state index contributed by atoms with van der Waals surface area (Å²) in [4.78, 5) is 3.98. The second kappa shape index (κ2) is 4.75. The first-order valence-corrected chi connectivity index (χ1v) is 7.23. The van der Waals surface area contributed by atoms with E-state index in [0.717, 1.165) is 31.7 Å². The molecule has 0 amide bonds. The average Bonchev–Trinajstić information content (AvgIpc) is 2.76. The van der Waals surface area contributed by atoms with Crippen molar-refractivity contribution in [2.45, 2.75) is 26.4 Å². The summed E-state index contributed by atoms with van der Waals surface area (Å²) in [7, 11) is 0. The SMILES string of the molecule is Cc1ccsc1CN1CCc2cccc(N)c2C1. The van der Waals surface area contributed by atoms with Gasteiger partial charge in [0.15, 0.2) is 0 Å². The molecule has 0 radical (unpaired) electrons. The van der Waals surface area contributed by atoms with E-state index in [2.05, 4.69) is 35.4 Å². The molecular formula is C15H18N2S. The number of fused-ring (bicyclic) bond motifs is 1. The Kier molecular flexibility index (Phi) is 3.10. The van der Waals surface area contributed by atoms with E-state index < -0.39 is 0 Å². The van der Waals surface area contributed by atoms with Crippen LogP contribution in [0.25, 0.3) is 0 Å². The van der Waals surface area contributed by atoms with Crippen molar-refractivity contribution in [2.75, 3.05) is 12.3 Å². The molecule has 1 aliphatic rings. The van der Waals surface area contributed by atoms with Gasteiger partial charge < -0.3 is 5.73 Å². The molecular weight excluding hydrogens is 240 g/mol. The van der Waals surface area contributed by atoms with E-state index >= 15 is 0 Å².